The lowest BCUT2D eigenvalue weighted by atomic mass is 10.2. The minimum Gasteiger partial charge on any atom is -0.391 e. The smallest absolute Gasteiger partial charge is 0.327 e. The number of aromatic nitrogens is 3. The maximum absolute atomic E-state index is 11.5. The van der Waals surface area contributed by atoms with Crippen LogP contribution in [0, 0.1) is 0 Å². The molecule has 0 atom stereocenters. The highest BCUT2D eigenvalue weighted by atomic mass is 32.1. The van der Waals surface area contributed by atoms with Crippen LogP contribution in [0.3, 0.4) is 0 Å². The number of aromatic amines is 1. The Bertz CT molecular complexity index is 769. The van der Waals surface area contributed by atoms with Gasteiger partial charge in [0, 0.05) is 28.6 Å². The highest BCUT2D eigenvalue weighted by molar-refractivity contribution is 7.15. The van der Waals surface area contributed by atoms with Gasteiger partial charge >= 0.3 is 5.69 Å². The van der Waals surface area contributed by atoms with E-state index in [-0.39, 0.29) is 12.3 Å². The fourth-order valence-electron chi connectivity index (χ4n) is 1.86. The van der Waals surface area contributed by atoms with Gasteiger partial charge in [0.1, 0.15) is 0 Å². The van der Waals surface area contributed by atoms with Crippen molar-refractivity contribution in [2.45, 2.75) is 6.61 Å². The molecule has 3 rings (SSSR count). The van der Waals surface area contributed by atoms with Gasteiger partial charge in [-0.1, -0.05) is 0 Å². The molecule has 18 heavy (non-hydrogen) atoms. The molecule has 0 saturated heterocycles. The maximum atomic E-state index is 11.5. The first-order valence-corrected chi connectivity index (χ1v) is 6.25. The second-order valence-corrected chi connectivity index (χ2v) is 5.18. The number of hydrogen-bond donors (Lipinski definition) is 2. The minimum atomic E-state index is -0.170. The number of thiophene rings is 1. The Morgan fingerprint density at radius 3 is 3.06 bits per heavy atom. The van der Waals surface area contributed by atoms with Crippen molar-refractivity contribution in [3.8, 4) is 10.4 Å². The van der Waals surface area contributed by atoms with Crippen LogP contribution in [0.25, 0.3) is 21.6 Å². The van der Waals surface area contributed by atoms with Crippen LogP contribution in [0.15, 0.2) is 29.2 Å². The molecular formula is C12H11N3O2S. The second kappa shape index (κ2) is 4.08. The van der Waals surface area contributed by atoms with Gasteiger partial charge in [0.15, 0.2) is 5.65 Å². The average Bonchev–Trinajstić information content (AvgIpc) is 2.95. The van der Waals surface area contributed by atoms with Crippen LogP contribution in [0.2, 0.25) is 0 Å². The van der Waals surface area contributed by atoms with E-state index in [0.717, 1.165) is 20.8 Å². The summed E-state index contributed by atoms with van der Waals surface area (Å²) in [6.07, 6.45) is 1.74. The monoisotopic (exact) mass is 261 g/mol. The summed E-state index contributed by atoms with van der Waals surface area (Å²) in [7, 11) is 1.68. The molecule has 0 aromatic carbocycles. The largest absolute Gasteiger partial charge is 0.391 e. The maximum Gasteiger partial charge on any atom is 0.327 e. The van der Waals surface area contributed by atoms with Crippen molar-refractivity contribution in [1.29, 1.82) is 0 Å². The van der Waals surface area contributed by atoms with Crippen molar-refractivity contribution in [3.05, 3.63) is 39.8 Å². The molecule has 0 saturated carbocycles. The van der Waals surface area contributed by atoms with Gasteiger partial charge in [-0.05, 0) is 18.2 Å². The first-order chi connectivity index (χ1) is 8.69. The van der Waals surface area contributed by atoms with E-state index in [9.17, 15) is 4.79 Å². The van der Waals surface area contributed by atoms with Gasteiger partial charge in [-0.3, -0.25) is 4.57 Å². The summed E-state index contributed by atoms with van der Waals surface area (Å²) in [5.74, 6) is 0. The number of nitrogens with zero attached hydrogens (tertiary/aromatic N) is 2. The number of H-pyrrole nitrogens is 1. The molecule has 0 spiro atoms. The summed E-state index contributed by atoms with van der Waals surface area (Å²) in [4.78, 5) is 20.5. The van der Waals surface area contributed by atoms with Gasteiger partial charge in [0.05, 0.1) is 12.1 Å². The Labute approximate surface area is 106 Å². The third-order valence-electron chi connectivity index (χ3n) is 2.83. The van der Waals surface area contributed by atoms with Crippen LogP contribution in [0.5, 0.6) is 0 Å². The van der Waals surface area contributed by atoms with Crippen LogP contribution in [-0.2, 0) is 13.7 Å². The van der Waals surface area contributed by atoms with E-state index in [0.29, 0.717) is 5.65 Å². The fourth-order valence-corrected chi connectivity index (χ4v) is 2.71. The van der Waals surface area contributed by atoms with Crippen molar-refractivity contribution >= 4 is 22.5 Å². The van der Waals surface area contributed by atoms with E-state index in [1.54, 1.807) is 13.2 Å². The fraction of sp³-hybridized carbons (Fsp3) is 0.167. The summed E-state index contributed by atoms with van der Waals surface area (Å²) in [6.45, 7) is 0.0442. The number of rotatable bonds is 2. The number of aliphatic hydroxyl groups excluding tert-OH is 1. The van der Waals surface area contributed by atoms with E-state index < -0.39 is 0 Å². The van der Waals surface area contributed by atoms with Crippen molar-refractivity contribution < 1.29 is 5.11 Å². The summed E-state index contributed by atoms with van der Waals surface area (Å²) >= 11 is 1.52. The Kier molecular flexibility index (Phi) is 2.53. The van der Waals surface area contributed by atoms with Crippen LogP contribution >= 0.6 is 11.3 Å². The number of fused-ring (bicyclic) bond motifs is 1. The molecule has 92 valence electrons. The van der Waals surface area contributed by atoms with Crippen molar-refractivity contribution in [2.75, 3.05) is 0 Å². The van der Waals surface area contributed by atoms with E-state index >= 15 is 0 Å². The highest BCUT2D eigenvalue weighted by Crippen LogP contribution is 2.28. The number of hydrogen-bond acceptors (Lipinski definition) is 4. The zero-order valence-electron chi connectivity index (χ0n) is 9.67. The molecule has 0 aliphatic rings. The third-order valence-corrected chi connectivity index (χ3v) is 3.95. The molecule has 5 nitrogen and oxygen atoms in total. The third kappa shape index (κ3) is 1.66. The number of nitrogens with one attached hydrogen (secondary N) is 1. The lowest BCUT2D eigenvalue weighted by Gasteiger charge is -1.97. The lowest BCUT2D eigenvalue weighted by Crippen LogP contribution is -2.12. The van der Waals surface area contributed by atoms with Gasteiger partial charge in [0.25, 0.3) is 0 Å². The molecule has 6 heteroatoms. The lowest BCUT2D eigenvalue weighted by molar-refractivity contribution is 0.285. The molecule has 3 aromatic heterocycles. The van der Waals surface area contributed by atoms with Crippen molar-refractivity contribution in [1.82, 2.24) is 14.5 Å². The van der Waals surface area contributed by atoms with E-state index in [1.165, 1.54) is 15.9 Å². The van der Waals surface area contributed by atoms with Gasteiger partial charge in [-0.2, -0.15) is 0 Å². The average molecular weight is 261 g/mol. The zero-order valence-corrected chi connectivity index (χ0v) is 10.5. The Morgan fingerprint density at radius 2 is 2.33 bits per heavy atom. The molecule has 2 N–H and O–H groups in total. The topological polar surface area (TPSA) is 70.9 Å². The number of imidazole rings is 1. The molecule has 0 radical (unpaired) electrons. The van der Waals surface area contributed by atoms with Crippen LogP contribution < -0.4 is 5.69 Å². The van der Waals surface area contributed by atoms with Crippen molar-refractivity contribution in [2.24, 2.45) is 7.05 Å². The van der Waals surface area contributed by atoms with E-state index in [2.05, 4.69) is 9.97 Å². The molecular weight excluding hydrogens is 250 g/mol. The molecule has 3 heterocycles. The molecule has 3 aromatic rings. The predicted molar refractivity (Wildman–Crippen MR) is 70.6 cm³/mol. The van der Waals surface area contributed by atoms with Crippen LogP contribution in [-0.4, -0.2) is 19.6 Å². The van der Waals surface area contributed by atoms with Crippen LogP contribution in [0.1, 0.15) is 4.88 Å². The summed E-state index contributed by atoms with van der Waals surface area (Å²) in [6, 6.07) is 5.73. The predicted octanol–water partition coefficient (Wildman–Crippen LogP) is 1.48. The van der Waals surface area contributed by atoms with E-state index in [4.69, 9.17) is 5.11 Å². The normalized spacial score (nSPS) is 11.2. The van der Waals surface area contributed by atoms with E-state index in [1.807, 2.05) is 18.2 Å². The Balaban J connectivity index is 2.16. The molecule has 0 bridgehead atoms. The van der Waals surface area contributed by atoms with Gasteiger partial charge < -0.3 is 10.1 Å². The quantitative estimate of drug-likeness (QED) is 0.734. The van der Waals surface area contributed by atoms with Crippen molar-refractivity contribution in [3.63, 3.8) is 0 Å². The first-order valence-electron chi connectivity index (χ1n) is 5.44. The SMILES string of the molecule is Cn1c(=O)[nH]c2cc(-c3ccc(CO)s3)cnc21. The van der Waals surface area contributed by atoms with Gasteiger partial charge in [-0.15, -0.1) is 11.3 Å². The molecule has 0 fully saturated rings. The molecule has 0 aliphatic carbocycles. The number of aryl methyl sites for hydroxylation is 1. The Hall–Kier alpha value is -1.92. The number of pyridine rings is 1. The summed E-state index contributed by atoms with van der Waals surface area (Å²) in [5, 5.41) is 9.05. The summed E-state index contributed by atoms with van der Waals surface area (Å²) < 4.78 is 1.48. The Morgan fingerprint density at radius 1 is 1.50 bits per heavy atom. The first kappa shape index (κ1) is 11.2. The molecule has 0 unspecified atom stereocenters. The standard InChI is InChI=1S/C12H11N3O2S/c1-15-11-9(14-12(15)17)4-7(5-13-11)10-3-2-8(6-16)18-10/h2-5,16H,6H2,1H3,(H,14,17). The highest BCUT2D eigenvalue weighted by Gasteiger charge is 2.08. The van der Waals surface area contributed by atoms with Gasteiger partial charge in [-0.25, -0.2) is 9.78 Å². The second-order valence-electron chi connectivity index (χ2n) is 4.01. The number of aliphatic hydroxyl groups is 1. The molecule has 0 amide bonds. The minimum absolute atomic E-state index is 0.0442. The van der Waals surface area contributed by atoms with Gasteiger partial charge in [0.2, 0.25) is 0 Å². The molecule has 0 aliphatic heterocycles. The van der Waals surface area contributed by atoms with Crippen LogP contribution in [0.4, 0.5) is 0 Å². The summed E-state index contributed by atoms with van der Waals surface area (Å²) in [5.41, 5.74) is 2.13. The zero-order chi connectivity index (χ0) is 12.7.